The highest BCUT2D eigenvalue weighted by Crippen LogP contribution is 2.26. The first-order valence-corrected chi connectivity index (χ1v) is 11.3. The van der Waals surface area contributed by atoms with Crippen LogP contribution in [-0.2, 0) is 16.1 Å². The maximum Gasteiger partial charge on any atom is 0.327 e. The summed E-state index contributed by atoms with van der Waals surface area (Å²) >= 11 is 0. The van der Waals surface area contributed by atoms with Crippen LogP contribution in [0.1, 0.15) is 35.7 Å². The Morgan fingerprint density at radius 3 is 2.44 bits per heavy atom. The van der Waals surface area contributed by atoms with E-state index in [1.165, 1.54) is 16.7 Å². The van der Waals surface area contributed by atoms with Crippen LogP contribution in [0.5, 0.6) is 5.75 Å². The number of nitrogens with one attached hydrogen (secondary N) is 2. The maximum atomic E-state index is 13.4. The maximum absolute atomic E-state index is 13.4. The van der Waals surface area contributed by atoms with Crippen LogP contribution in [0.2, 0.25) is 0 Å². The van der Waals surface area contributed by atoms with Gasteiger partial charge in [0.05, 0.1) is 19.7 Å². The van der Waals surface area contributed by atoms with Gasteiger partial charge in [-0.05, 0) is 68.3 Å². The highest BCUT2D eigenvalue weighted by molar-refractivity contribution is 6.03. The number of anilines is 1. The van der Waals surface area contributed by atoms with Crippen LogP contribution in [0.15, 0.2) is 48.5 Å². The number of fused-ring (bicyclic) bond motifs is 1. The number of nitrogens with zero attached hydrogens (tertiary/aromatic N) is 2. The zero-order valence-electron chi connectivity index (χ0n) is 19.2. The van der Waals surface area contributed by atoms with Crippen molar-refractivity contribution in [2.45, 2.75) is 38.4 Å². The number of rotatable bonds is 7. The van der Waals surface area contributed by atoms with Crippen molar-refractivity contribution in [2.24, 2.45) is 0 Å². The van der Waals surface area contributed by atoms with Crippen LogP contribution in [0.25, 0.3) is 0 Å². The molecule has 0 bridgehead atoms. The first kappa shape index (κ1) is 23.4. The number of hydrogen-bond acceptors (Lipinski definition) is 6. The lowest BCUT2D eigenvalue weighted by atomic mass is 9.93. The zero-order chi connectivity index (χ0) is 24.2. The van der Waals surface area contributed by atoms with Crippen molar-refractivity contribution in [1.29, 1.82) is 0 Å². The van der Waals surface area contributed by atoms with E-state index < -0.39 is 12.1 Å². The molecule has 2 atom stereocenters. The molecule has 0 aromatic heterocycles. The monoisotopic (exact) mass is 464 g/mol. The van der Waals surface area contributed by atoms with Gasteiger partial charge < -0.3 is 20.3 Å². The minimum Gasteiger partial charge on any atom is -0.497 e. The van der Waals surface area contributed by atoms with Gasteiger partial charge in [-0.15, -0.1) is 0 Å². The van der Waals surface area contributed by atoms with Gasteiger partial charge in [-0.2, -0.15) is 0 Å². The first-order valence-electron chi connectivity index (χ1n) is 11.3. The number of amides is 4. The fourth-order valence-electron chi connectivity index (χ4n) is 4.41. The number of imide groups is 1. The van der Waals surface area contributed by atoms with Crippen molar-refractivity contribution in [3.8, 4) is 5.75 Å². The second-order valence-corrected chi connectivity index (χ2v) is 8.51. The third-order valence-corrected chi connectivity index (χ3v) is 6.22. The standard InChI is InChI=1S/C25H28N4O5/c1-16(30)18-7-9-19(10-8-18)27-22(31)15-28-21-4-3-13-26-23(21)24(32)29(25(28)33)14-17-5-11-20(34-2)12-6-17/h5-12,21,23,26H,3-4,13-15H2,1-2H3,(H,27,31). The SMILES string of the molecule is COc1ccc(CN2C(=O)C3NCCCC3N(CC(=O)Nc3ccc(C(C)=O)cc3)C2=O)cc1. The molecular weight excluding hydrogens is 436 g/mol. The molecule has 2 heterocycles. The molecule has 9 nitrogen and oxygen atoms in total. The molecule has 0 saturated carbocycles. The van der Waals surface area contributed by atoms with Crippen LogP contribution >= 0.6 is 0 Å². The van der Waals surface area contributed by atoms with Crippen molar-refractivity contribution < 1.29 is 23.9 Å². The molecule has 2 aromatic carbocycles. The molecule has 2 aromatic rings. The molecule has 0 aliphatic carbocycles. The Morgan fingerprint density at radius 1 is 1.09 bits per heavy atom. The highest BCUT2D eigenvalue weighted by Gasteiger charge is 2.47. The van der Waals surface area contributed by atoms with Gasteiger partial charge in [0.25, 0.3) is 0 Å². The summed E-state index contributed by atoms with van der Waals surface area (Å²) in [4.78, 5) is 53.5. The van der Waals surface area contributed by atoms with Crippen LogP contribution in [0.3, 0.4) is 0 Å². The number of piperidine rings is 1. The van der Waals surface area contributed by atoms with E-state index in [1.54, 1.807) is 43.5 Å². The van der Waals surface area contributed by atoms with Gasteiger partial charge >= 0.3 is 6.03 Å². The summed E-state index contributed by atoms with van der Waals surface area (Å²) in [7, 11) is 1.57. The van der Waals surface area contributed by atoms with E-state index >= 15 is 0 Å². The largest absolute Gasteiger partial charge is 0.497 e. The summed E-state index contributed by atoms with van der Waals surface area (Å²) in [5, 5.41) is 6.00. The lowest BCUT2D eigenvalue weighted by molar-refractivity contribution is -0.138. The summed E-state index contributed by atoms with van der Waals surface area (Å²) < 4.78 is 5.17. The molecule has 2 unspecified atom stereocenters. The number of benzene rings is 2. The molecule has 2 saturated heterocycles. The molecule has 0 radical (unpaired) electrons. The summed E-state index contributed by atoms with van der Waals surface area (Å²) in [6.07, 6.45) is 1.46. The second kappa shape index (κ2) is 10.0. The van der Waals surface area contributed by atoms with Crippen molar-refractivity contribution in [2.75, 3.05) is 25.5 Å². The lowest BCUT2D eigenvalue weighted by Gasteiger charge is -2.46. The van der Waals surface area contributed by atoms with Crippen molar-refractivity contribution in [1.82, 2.24) is 15.1 Å². The molecule has 178 valence electrons. The predicted molar refractivity (Wildman–Crippen MR) is 126 cm³/mol. The lowest BCUT2D eigenvalue weighted by Crippen LogP contribution is -2.70. The van der Waals surface area contributed by atoms with E-state index in [0.717, 1.165) is 12.0 Å². The molecular formula is C25H28N4O5. The number of Topliss-reactive ketones (excluding diaryl/α,β-unsaturated/α-hetero) is 1. The highest BCUT2D eigenvalue weighted by atomic mass is 16.5. The fraction of sp³-hybridized carbons (Fsp3) is 0.360. The van der Waals surface area contributed by atoms with Gasteiger partial charge in [0.1, 0.15) is 18.3 Å². The number of methoxy groups -OCH3 is 1. The molecule has 2 aliphatic heterocycles. The minimum atomic E-state index is -0.549. The Morgan fingerprint density at radius 2 is 1.79 bits per heavy atom. The van der Waals surface area contributed by atoms with E-state index in [2.05, 4.69) is 10.6 Å². The minimum absolute atomic E-state index is 0.0609. The van der Waals surface area contributed by atoms with Crippen LogP contribution in [0.4, 0.5) is 10.5 Å². The number of urea groups is 1. The van der Waals surface area contributed by atoms with Gasteiger partial charge in [-0.25, -0.2) is 4.79 Å². The van der Waals surface area contributed by atoms with Crippen LogP contribution in [0, 0.1) is 0 Å². The van der Waals surface area contributed by atoms with E-state index in [1.807, 2.05) is 12.1 Å². The Bertz CT molecular complexity index is 1080. The number of carbonyl (C=O) groups excluding carboxylic acids is 4. The third-order valence-electron chi connectivity index (χ3n) is 6.22. The van der Waals surface area contributed by atoms with Crippen molar-refractivity contribution in [3.05, 3.63) is 59.7 Å². The average molecular weight is 465 g/mol. The second-order valence-electron chi connectivity index (χ2n) is 8.51. The van der Waals surface area contributed by atoms with Gasteiger partial charge in [0, 0.05) is 11.3 Å². The summed E-state index contributed by atoms with van der Waals surface area (Å²) in [5.74, 6) is -0.0214. The molecule has 0 spiro atoms. The zero-order valence-corrected chi connectivity index (χ0v) is 19.2. The molecule has 2 N–H and O–H groups in total. The van der Waals surface area contributed by atoms with Gasteiger partial charge in [0.2, 0.25) is 11.8 Å². The van der Waals surface area contributed by atoms with Crippen LogP contribution in [-0.4, -0.2) is 65.7 Å². The van der Waals surface area contributed by atoms with Crippen molar-refractivity contribution >= 4 is 29.3 Å². The molecule has 4 amide bonds. The number of carbonyl (C=O) groups is 4. The fourth-order valence-corrected chi connectivity index (χ4v) is 4.41. The number of hydrogen-bond donors (Lipinski definition) is 2. The number of ketones is 1. The smallest absolute Gasteiger partial charge is 0.327 e. The van der Waals surface area contributed by atoms with Gasteiger partial charge in [-0.3, -0.25) is 19.3 Å². The molecule has 9 heteroatoms. The predicted octanol–water partition coefficient (Wildman–Crippen LogP) is 2.42. The Balaban J connectivity index is 1.50. The van der Waals surface area contributed by atoms with E-state index in [4.69, 9.17) is 4.74 Å². The topological polar surface area (TPSA) is 108 Å². The Hall–Kier alpha value is -3.72. The van der Waals surface area contributed by atoms with Crippen LogP contribution < -0.4 is 15.4 Å². The summed E-state index contributed by atoms with van der Waals surface area (Å²) in [6, 6.07) is 12.3. The first-order chi connectivity index (χ1) is 16.4. The average Bonchev–Trinajstić information content (AvgIpc) is 2.85. The van der Waals surface area contributed by atoms with E-state index in [9.17, 15) is 19.2 Å². The van der Waals surface area contributed by atoms with Gasteiger partial charge in [0.15, 0.2) is 5.78 Å². The third kappa shape index (κ3) is 4.94. The Labute approximate surface area is 198 Å². The summed E-state index contributed by atoms with van der Waals surface area (Å²) in [5.41, 5.74) is 1.86. The molecule has 2 fully saturated rings. The number of ether oxygens (including phenoxy) is 1. The quantitative estimate of drug-likeness (QED) is 0.610. The van der Waals surface area contributed by atoms with E-state index in [0.29, 0.717) is 30.0 Å². The Kier molecular flexibility index (Phi) is 6.93. The van der Waals surface area contributed by atoms with E-state index in [-0.39, 0.29) is 36.7 Å². The van der Waals surface area contributed by atoms with Crippen molar-refractivity contribution in [3.63, 3.8) is 0 Å². The van der Waals surface area contributed by atoms with Gasteiger partial charge in [-0.1, -0.05) is 12.1 Å². The molecule has 4 rings (SSSR count). The summed E-state index contributed by atoms with van der Waals surface area (Å²) in [6.45, 7) is 2.09. The molecule has 2 aliphatic rings. The normalized spacial score (nSPS) is 20.1. The molecule has 34 heavy (non-hydrogen) atoms.